The minimum absolute atomic E-state index is 0.243. The number of aromatic nitrogens is 2. The third kappa shape index (κ3) is 2.60. The molecule has 0 saturated heterocycles. The second-order valence-electron chi connectivity index (χ2n) is 2.86. The number of halogens is 1. The van der Waals surface area contributed by atoms with E-state index in [1.165, 1.54) is 23.5 Å². The molecule has 0 aliphatic rings. The van der Waals surface area contributed by atoms with E-state index in [-0.39, 0.29) is 5.82 Å². The molecule has 2 rings (SSSR count). The van der Waals surface area contributed by atoms with Crippen LogP contribution in [-0.2, 0) is 0 Å². The third-order valence-corrected chi connectivity index (χ3v) is 2.46. The highest BCUT2D eigenvalue weighted by Gasteiger charge is 1.95. The summed E-state index contributed by atoms with van der Waals surface area (Å²) in [6.07, 6.45) is 3.63. The zero-order valence-electron chi connectivity index (χ0n) is 7.72. The molecular formula is C10H8FN3S. The number of rotatable bonds is 2. The molecule has 2 N–H and O–H groups in total. The average molecular weight is 221 g/mol. The fourth-order valence-electron chi connectivity index (χ4n) is 1.06. The first-order valence-corrected chi connectivity index (χ1v) is 5.08. The van der Waals surface area contributed by atoms with Crippen LogP contribution < -0.4 is 5.73 Å². The molecule has 0 amide bonds. The molecule has 1 heterocycles. The van der Waals surface area contributed by atoms with Crippen molar-refractivity contribution in [3.05, 3.63) is 40.7 Å². The quantitative estimate of drug-likeness (QED) is 0.847. The van der Waals surface area contributed by atoms with E-state index in [9.17, 15) is 4.39 Å². The number of benzene rings is 1. The lowest BCUT2D eigenvalue weighted by molar-refractivity contribution is 0.628. The van der Waals surface area contributed by atoms with Gasteiger partial charge in [-0.15, -0.1) is 10.2 Å². The molecule has 15 heavy (non-hydrogen) atoms. The van der Waals surface area contributed by atoms with Gasteiger partial charge in [-0.1, -0.05) is 29.5 Å². The van der Waals surface area contributed by atoms with E-state index in [1.807, 2.05) is 6.08 Å². The second kappa shape index (κ2) is 4.18. The number of nitrogens with two attached hydrogens (primary N) is 1. The predicted octanol–water partition coefficient (Wildman–Crippen LogP) is 2.43. The van der Waals surface area contributed by atoms with Gasteiger partial charge in [0.15, 0.2) is 0 Å². The Labute approximate surface area is 90.1 Å². The zero-order valence-corrected chi connectivity index (χ0v) is 8.54. The van der Waals surface area contributed by atoms with E-state index in [1.54, 1.807) is 18.2 Å². The van der Waals surface area contributed by atoms with E-state index in [2.05, 4.69) is 10.2 Å². The SMILES string of the molecule is Nc1nnc(/C=C/c2ccc(F)cc2)s1. The van der Waals surface area contributed by atoms with Crippen molar-refractivity contribution in [3.63, 3.8) is 0 Å². The van der Waals surface area contributed by atoms with Gasteiger partial charge in [-0.05, 0) is 23.8 Å². The van der Waals surface area contributed by atoms with Gasteiger partial charge in [0, 0.05) is 0 Å². The summed E-state index contributed by atoms with van der Waals surface area (Å²) in [5.41, 5.74) is 6.34. The summed E-state index contributed by atoms with van der Waals surface area (Å²) in [5.74, 6) is -0.243. The van der Waals surface area contributed by atoms with Crippen LogP contribution in [-0.4, -0.2) is 10.2 Å². The Hall–Kier alpha value is -1.75. The summed E-state index contributed by atoms with van der Waals surface area (Å²) in [6.45, 7) is 0. The highest BCUT2D eigenvalue weighted by atomic mass is 32.1. The van der Waals surface area contributed by atoms with Crippen LogP contribution in [0.25, 0.3) is 12.2 Å². The maximum absolute atomic E-state index is 12.6. The van der Waals surface area contributed by atoms with E-state index in [0.717, 1.165) is 10.6 Å². The standard InChI is InChI=1S/C10H8FN3S/c11-8-4-1-7(2-5-8)3-6-9-13-14-10(12)15-9/h1-6H,(H2,12,14)/b6-3+. The topological polar surface area (TPSA) is 51.8 Å². The maximum atomic E-state index is 12.6. The Morgan fingerprint density at radius 2 is 1.87 bits per heavy atom. The lowest BCUT2D eigenvalue weighted by Gasteiger charge is -1.91. The minimum Gasteiger partial charge on any atom is -0.374 e. The van der Waals surface area contributed by atoms with E-state index in [4.69, 9.17) is 5.73 Å². The smallest absolute Gasteiger partial charge is 0.203 e. The van der Waals surface area contributed by atoms with Crippen molar-refractivity contribution in [1.29, 1.82) is 0 Å². The molecule has 0 bridgehead atoms. The van der Waals surface area contributed by atoms with Gasteiger partial charge in [-0.2, -0.15) is 0 Å². The number of nitrogen functional groups attached to an aromatic ring is 1. The maximum Gasteiger partial charge on any atom is 0.203 e. The van der Waals surface area contributed by atoms with Gasteiger partial charge in [0.2, 0.25) is 5.13 Å². The van der Waals surface area contributed by atoms with Crippen LogP contribution in [0.1, 0.15) is 10.6 Å². The van der Waals surface area contributed by atoms with Crippen molar-refractivity contribution < 1.29 is 4.39 Å². The molecule has 0 aliphatic carbocycles. The van der Waals surface area contributed by atoms with Crippen LogP contribution in [0.2, 0.25) is 0 Å². The van der Waals surface area contributed by atoms with Gasteiger partial charge < -0.3 is 5.73 Å². The molecule has 0 unspecified atom stereocenters. The van der Waals surface area contributed by atoms with Gasteiger partial charge >= 0.3 is 0 Å². The van der Waals surface area contributed by atoms with Crippen LogP contribution in [0.5, 0.6) is 0 Å². The van der Waals surface area contributed by atoms with Crippen molar-refractivity contribution in [2.75, 3.05) is 5.73 Å². The first-order chi connectivity index (χ1) is 7.24. The lowest BCUT2D eigenvalue weighted by Crippen LogP contribution is -1.79. The van der Waals surface area contributed by atoms with Crippen LogP contribution in [0.4, 0.5) is 9.52 Å². The number of nitrogens with zero attached hydrogens (tertiary/aromatic N) is 2. The van der Waals surface area contributed by atoms with Gasteiger partial charge in [-0.3, -0.25) is 0 Å². The molecule has 0 spiro atoms. The Bertz CT molecular complexity index is 476. The summed E-state index contributed by atoms with van der Waals surface area (Å²) in [4.78, 5) is 0. The fourth-order valence-corrected chi connectivity index (χ4v) is 1.57. The molecule has 0 saturated carbocycles. The van der Waals surface area contributed by atoms with E-state index in [0.29, 0.717) is 5.13 Å². The molecule has 1 aromatic heterocycles. The molecule has 3 nitrogen and oxygen atoms in total. The third-order valence-electron chi connectivity index (χ3n) is 1.74. The predicted molar refractivity (Wildman–Crippen MR) is 59.6 cm³/mol. The molecule has 5 heteroatoms. The van der Waals surface area contributed by atoms with Gasteiger partial charge in [0.1, 0.15) is 10.8 Å². The molecular weight excluding hydrogens is 213 g/mol. The lowest BCUT2D eigenvalue weighted by atomic mass is 10.2. The monoisotopic (exact) mass is 221 g/mol. The highest BCUT2D eigenvalue weighted by Crippen LogP contribution is 2.14. The summed E-state index contributed by atoms with van der Waals surface area (Å²) >= 11 is 1.30. The van der Waals surface area contributed by atoms with Gasteiger partial charge in [0.25, 0.3) is 0 Å². The summed E-state index contributed by atoms with van der Waals surface area (Å²) in [6, 6.07) is 6.20. The molecule has 76 valence electrons. The van der Waals surface area contributed by atoms with Crippen molar-refractivity contribution >= 4 is 28.6 Å². The van der Waals surface area contributed by atoms with Crippen LogP contribution in [0.15, 0.2) is 24.3 Å². The first-order valence-electron chi connectivity index (χ1n) is 4.27. The number of anilines is 1. The van der Waals surface area contributed by atoms with Crippen LogP contribution >= 0.6 is 11.3 Å². The van der Waals surface area contributed by atoms with Crippen molar-refractivity contribution in [2.45, 2.75) is 0 Å². The second-order valence-corrected chi connectivity index (χ2v) is 3.90. The normalized spacial score (nSPS) is 11.0. The molecule has 0 atom stereocenters. The Balaban J connectivity index is 2.14. The molecule has 1 aromatic carbocycles. The zero-order chi connectivity index (χ0) is 10.7. The van der Waals surface area contributed by atoms with Gasteiger partial charge in [-0.25, -0.2) is 4.39 Å². The van der Waals surface area contributed by atoms with Crippen molar-refractivity contribution in [3.8, 4) is 0 Å². The summed E-state index contributed by atoms with van der Waals surface area (Å²) in [7, 11) is 0. The fraction of sp³-hybridized carbons (Fsp3) is 0. The van der Waals surface area contributed by atoms with E-state index >= 15 is 0 Å². The van der Waals surface area contributed by atoms with Crippen molar-refractivity contribution in [1.82, 2.24) is 10.2 Å². The Morgan fingerprint density at radius 3 is 2.47 bits per heavy atom. The van der Waals surface area contributed by atoms with Crippen molar-refractivity contribution in [2.24, 2.45) is 0 Å². The summed E-state index contributed by atoms with van der Waals surface area (Å²) in [5, 5.41) is 8.68. The molecule has 0 aliphatic heterocycles. The number of hydrogen-bond donors (Lipinski definition) is 1. The molecule has 0 fully saturated rings. The highest BCUT2D eigenvalue weighted by molar-refractivity contribution is 7.15. The Kier molecular flexibility index (Phi) is 2.73. The van der Waals surface area contributed by atoms with Crippen LogP contribution in [0, 0.1) is 5.82 Å². The molecule has 2 aromatic rings. The summed E-state index contributed by atoms with van der Waals surface area (Å²) < 4.78 is 12.6. The average Bonchev–Trinajstić information content (AvgIpc) is 2.64. The first kappa shape index (κ1) is 9.79. The van der Waals surface area contributed by atoms with Crippen LogP contribution in [0.3, 0.4) is 0 Å². The minimum atomic E-state index is -0.243. The van der Waals surface area contributed by atoms with E-state index < -0.39 is 0 Å². The van der Waals surface area contributed by atoms with Gasteiger partial charge in [0.05, 0.1) is 0 Å². The Morgan fingerprint density at radius 1 is 1.13 bits per heavy atom. The largest absolute Gasteiger partial charge is 0.374 e. The molecule has 0 radical (unpaired) electrons. The number of hydrogen-bond acceptors (Lipinski definition) is 4.